The van der Waals surface area contributed by atoms with Gasteiger partial charge in [0.2, 0.25) is 0 Å². The molecule has 48 heavy (non-hydrogen) atoms. The lowest BCUT2D eigenvalue weighted by atomic mass is 9.91. The largest absolute Gasteiger partial charge is 0.501 e. The molecule has 2 atom stereocenters. The number of nitrogens with zero attached hydrogens (tertiary/aromatic N) is 1. The number of benzene rings is 2. The first kappa shape index (κ1) is 35.2. The SMILES string of the molecule is COC1=CC(Cl)=C(C(=O)N[C@@H](CNC2CCC(N)CC2)Cc2ccc(C#N)cc2)C=C(c2ccc(CNC(C)c3ccc(C)cc3)o2)C1. The molecular weight excluding hydrogens is 622 g/mol. The number of ether oxygens (including phenoxy) is 1. The van der Waals surface area contributed by atoms with Crippen LogP contribution in [-0.4, -0.2) is 37.7 Å². The highest BCUT2D eigenvalue weighted by molar-refractivity contribution is 6.34. The Balaban J connectivity index is 1.31. The van der Waals surface area contributed by atoms with E-state index in [9.17, 15) is 10.1 Å². The molecule has 1 unspecified atom stereocenters. The Morgan fingerprint density at radius 1 is 1.06 bits per heavy atom. The summed E-state index contributed by atoms with van der Waals surface area (Å²) in [7, 11) is 1.60. The lowest BCUT2D eigenvalue weighted by molar-refractivity contribution is -0.117. The smallest absolute Gasteiger partial charge is 0.253 e. The highest BCUT2D eigenvalue weighted by Crippen LogP contribution is 2.32. The molecule has 2 aromatic carbocycles. The fraction of sp³-hybridized carbons (Fsp3) is 0.385. The minimum Gasteiger partial charge on any atom is -0.501 e. The molecule has 1 heterocycles. The standard InChI is InChI=1S/C39H46ClN5O3/c1-25-4-10-29(11-5-25)26(2)43-24-34-16-17-38(48-34)30-19-35(47-3)21-37(40)36(20-30)39(46)45-33(18-27-6-8-28(22-41)9-7-27)23-44-32-14-12-31(42)13-15-32/h4-11,16-17,20-21,26,31-33,43-44H,12-15,18-19,23-24,42H2,1-3H3,(H,45,46)/t26?,31?,32?,33-/m1/s1. The first-order valence-corrected chi connectivity index (χ1v) is 17.1. The number of hydrogen-bond acceptors (Lipinski definition) is 7. The quantitative estimate of drug-likeness (QED) is 0.160. The van der Waals surface area contributed by atoms with Crippen LogP contribution in [0.25, 0.3) is 5.57 Å². The van der Waals surface area contributed by atoms with Crippen LogP contribution in [0.2, 0.25) is 0 Å². The van der Waals surface area contributed by atoms with Crippen LogP contribution >= 0.6 is 11.6 Å². The lowest BCUT2D eigenvalue weighted by Gasteiger charge is -2.29. The highest BCUT2D eigenvalue weighted by atomic mass is 35.5. The summed E-state index contributed by atoms with van der Waals surface area (Å²) in [5, 5.41) is 20.0. The molecule has 0 bridgehead atoms. The normalized spacial score (nSPS) is 19.4. The maximum Gasteiger partial charge on any atom is 0.253 e. The number of nitrogens with one attached hydrogen (secondary N) is 3. The van der Waals surface area contributed by atoms with Gasteiger partial charge >= 0.3 is 0 Å². The summed E-state index contributed by atoms with van der Waals surface area (Å²) < 4.78 is 11.9. The van der Waals surface area contributed by atoms with Crippen LogP contribution in [0.5, 0.6) is 0 Å². The second-order valence-corrected chi connectivity index (χ2v) is 13.3. The van der Waals surface area contributed by atoms with Gasteiger partial charge in [-0.25, -0.2) is 0 Å². The predicted molar refractivity (Wildman–Crippen MR) is 191 cm³/mol. The zero-order valence-corrected chi connectivity index (χ0v) is 28.8. The van der Waals surface area contributed by atoms with Crippen molar-refractivity contribution in [3.05, 3.63) is 123 Å². The number of nitriles is 1. The first-order chi connectivity index (χ1) is 23.2. The Morgan fingerprint density at radius 2 is 1.79 bits per heavy atom. The van der Waals surface area contributed by atoms with Crippen LogP contribution in [-0.2, 0) is 22.5 Å². The summed E-state index contributed by atoms with van der Waals surface area (Å²) in [4.78, 5) is 14.0. The number of furan rings is 1. The van der Waals surface area contributed by atoms with E-state index in [1.54, 1.807) is 31.4 Å². The molecule has 0 aliphatic heterocycles. The van der Waals surface area contributed by atoms with Crippen molar-refractivity contribution in [2.24, 2.45) is 5.73 Å². The molecule has 0 spiro atoms. The number of nitrogens with two attached hydrogens (primary N) is 1. The van der Waals surface area contributed by atoms with E-state index in [1.165, 1.54) is 11.1 Å². The van der Waals surface area contributed by atoms with E-state index in [2.05, 4.69) is 60.1 Å². The van der Waals surface area contributed by atoms with Crippen LogP contribution in [0.3, 0.4) is 0 Å². The molecule has 1 amide bonds. The van der Waals surface area contributed by atoms with Gasteiger partial charge in [-0.15, -0.1) is 0 Å². The van der Waals surface area contributed by atoms with Crippen molar-refractivity contribution in [2.45, 2.75) is 83.1 Å². The predicted octanol–water partition coefficient (Wildman–Crippen LogP) is 6.71. The van der Waals surface area contributed by atoms with Crippen molar-refractivity contribution in [3.8, 4) is 6.07 Å². The van der Waals surface area contributed by atoms with Gasteiger partial charge in [-0.2, -0.15) is 5.26 Å². The number of hydrogen-bond donors (Lipinski definition) is 4. The number of rotatable bonds is 13. The van der Waals surface area contributed by atoms with Gasteiger partial charge in [-0.3, -0.25) is 4.79 Å². The number of halogens is 1. The Bertz CT molecular complexity index is 1680. The van der Waals surface area contributed by atoms with E-state index >= 15 is 0 Å². The van der Waals surface area contributed by atoms with Gasteiger partial charge in [-0.1, -0.05) is 53.6 Å². The van der Waals surface area contributed by atoms with Crippen LogP contribution in [0.4, 0.5) is 0 Å². The van der Waals surface area contributed by atoms with Crippen molar-refractivity contribution in [1.29, 1.82) is 5.26 Å². The number of allylic oxidation sites excluding steroid dienone is 3. The molecule has 3 aromatic rings. The molecule has 1 aromatic heterocycles. The Hall–Kier alpha value is -4.13. The van der Waals surface area contributed by atoms with E-state index < -0.39 is 0 Å². The molecule has 0 saturated heterocycles. The minimum absolute atomic E-state index is 0.152. The molecular formula is C39H46ClN5O3. The third-order valence-corrected chi connectivity index (χ3v) is 9.51. The molecule has 0 radical (unpaired) electrons. The van der Waals surface area contributed by atoms with Gasteiger partial charge in [0.15, 0.2) is 0 Å². The van der Waals surface area contributed by atoms with Crippen molar-refractivity contribution in [3.63, 3.8) is 0 Å². The van der Waals surface area contributed by atoms with Crippen LogP contribution in [0.1, 0.15) is 78.8 Å². The second-order valence-electron chi connectivity index (χ2n) is 12.9. The Kier molecular flexibility index (Phi) is 12.3. The zero-order valence-electron chi connectivity index (χ0n) is 28.0. The van der Waals surface area contributed by atoms with E-state index in [4.69, 9.17) is 26.5 Å². The third-order valence-electron chi connectivity index (χ3n) is 9.20. The Morgan fingerprint density at radius 3 is 2.48 bits per heavy atom. The first-order valence-electron chi connectivity index (χ1n) is 16.7. The lowest BCUT2D eigenvalue weighted by Crippen LogP contribution is -2.47. The number of aryl methyl sites for hydroxylation is 1. The molecule has 8 nitrogen and oxygen atoms in total. The number of methoxy groups -OCH3 is 1. The third kappa shape index (κ3) is 9.71. The fourth-order valence-corrected chi connectivity index (χ4v) is 6.42. The van der Waals surface area contributed by atoms with Crippen LogP contribution < -0.4 is 21.7 Å². The second kappa shape index (κ2) is 16.8. The van der Waals surface area contributed by atoms with Gasteiger partial charge in [0, 0.05) is 42.7 Å². The maximum atomic E-state index is 14.0. The van der Waals surface area contributed by atoms with Gasteiger partial charge in [0.25, 0.3) is 5.91 Å². The molecule has 1 saturated carbocycles. The topological polar surface area (TPSA) is 125 Å². The summed E-state index contributed by atoms with van der Waals surface area (Å²) in [5.41, 5.74) is 11.3. The molecule has 5 N–H and O–H groups in total. The van der Waals surface area contributed by atoms with Crippen molar-refractivity contribution in [1.82, 2.24) is 16.0 Å². The summed E-state index contributed by atoms with van der Waals surface area (Å²) in [6, 6.07) is 22.6. The van der Waals surface area contributed by atoms with Crippen molar-refractivity contribution in [2.75, 3.05) is 13.7 Å². The number of carbonyl (C=O) groups excluding carboxylic acids is 1. The summed E-state index contributed by atoms with van der Waals surface area (Å²) in [5.74, 6) is 1.79. The van der Waals surface area contributed by atoms with Crippen molar-refractivity contribution < 1.29 is 13.9 Å². The number of carbonyl (C=O) groups is 1. The van der Waals surface area contributed by atoms with E-state index in [1.807, 2.05) is 24.3 Å². The van der Waals surface area contributed by atoms with Gasteiger partial charge in [-0.05, 0) is 93.5 Å². The molecule has 1 fully saturated rings. The zero-order chi connectivity index (χ0) is 34.0. The monoisotopic (exact) mass is 667 g/mol. The molecule has 9 heteroatoms. The minimum atomic E-state index is -0.280. The van der Waals surface area contributed by atoms with Gasteiger partial charge in [0.1, 0.15) is 17.3 Å². The number of amides is 1. The average molecular weight is 668 g/mol. The van der Waals surface area contributed by atoms with Crippen LogP contribution in [0, 0.1) is 18.3 Å². The maximum absolute atomic E-state index is 14.0. The average Bonchev–Trinajstić information content (AvgIpc) is 3.50. The molecule has 2 aliphatic rings. The van der Waals surface area contributed by atoms with Gasteiger partial charge in [0.05, 0.1) is 35.9 Å². The molecule has 5 rings (SSSR count). The van der Waals surface area contributed by atoms with E-state index in [-0.39, 0.29) is 24.0 Å². The molecule has 252 valence electrons. The van der Waals surface area contributed by atoms with Crippen molar-refractivity contribution >= 4 is 23.1 Å². The molecule has 2 aliphatic carbocycles. The highest BCUT2D eigenvalue weighted by Gasteiger charge is 2.24. The summed E-state index contributed by atoms with van der Waals surface area (Å²) >= 11 is 6.77. The fourth-order valence-electron chi connectivity index (χ4n) is 6.16. The summed E-state index contributed by atoms with van der Waals surface area (Å²) in [6.45, 7) is 5.35. The van der Waals surface area contributed by atoms with E-state index in [0.29, 0.717) is 59.7 Å². The van der Waals surface area contributed by atoms with E-state index in [0.717, 1.165) is 42.6 Å². The summed E-state index contributed by atoms with van der Waals surface area (Å²) in [6.07, 6.45) is 8.52. The Labute approximate surface area is 289 Å². The van der Waals surface area contributed by atoms with Gasteiger partial charge < -0.3 is 30.8 Å². The van der Waals surface area contributed by atoms with Crippen LogP contribution in [0.15, 0.2) is 93.6 Å².